The van der Waals surface area contributed by atoms with Crippen molar-refractivity contribution in [3.63, 3.8) is 0 Å². The zero-order valence-electron chi connectivity index (χ0n) is 17.4. The molecule has 0 radical (unpaired) electrons. The highest BCUT2D eigenvalue weighted by atomic mass is 16.2. The first-order valence-electron chi connectivity index (χ1n) is 11.0. The number of imide groups is 1. The summed E-state index contributed by atoms with van der Waals surface area (Å²) in [4.78, 5) is 28.2. The Hall–Kier alpha value is -1.96. The maximum absolute atomic E-state index is 11.9. The van der Waals surface area contributed by atoms with Crippen LogP contribution in [0.1, 0.15) is 44.1 Å². The highest BCUT2D eigenvalue weighted by Gasteiger charge is 2.26. The molecule has 0 aliphatic carbocycles. The van der Waals surface area contributed by atoms with Crippen LogP contribution in [0.4, 0.5) is 5.69 Å². The molecule has 7 heteroatoms. The molecule has 4 N–H and O–H groups in total. The molecule has 160 valence electrons. The van der Waals surface area contributed by atoms with Crippen LogP contribution in [0.5, 0.6) is 0 Å². The lowest BCUT2D eigenvalue weighted by Gasteiger charge is -2.34. The molecule has 0 bridgehead atoms. The van der Waals surface area contributed by atoms with Crippen molar-refractivity contribution in [2.45, 2.75) is 51.1 Å². The summed E-state index contributed by atoms with van der Waals surface area (Å²) in [6.07, 6.45) is 5.91. The second kappa shape index (κ2) is 11.3. The molecule has 29 heavy (non-hydrogen) atoms. The summed E-state index contributed by atoms with van der Waals surface area (Å²) >= 11 is 0. The highest BCUT2D eigenvalue weighted by molar-refractivity contribution is 6.01. The van der Waals surface area contributed by atoms with Crippen molar-refractivity contribution in [3.05, 3.63) is 29.8 Å². The van der Waals surface area contributed by atoms with E-state index >= 15 is 0 Å². The van der Waals surface area contributed by atoms with E-state index in [4.69, 9.17) is 5.73 Å². The normalized spacial score (nSPS) is 21.2. The number of carbonyl (C=O) groups excluding carboxylic acids is 2. The van der Waals surface area contributed by atoms with E-state index in [9.17, 15) is 9.59 Å². The standard InChI is InChI=1S/C22H35N5O2/c23-11-3-1-2-4-12-26-13-15-27(16-14-26)17-18-5-7-19(8-6-18)24-20-9-10-21(28)25-22(20)29/h5-8,20,24H,1-4,9-17,23H2,(H,25,28,29). The molecule has 0 aromatic heterocycles. The fourth-order valence-corrected chi connectivity index (χ4v) is 4.00. The lowest BCUT2D eigenvalue weighted by atomic mass is 10.1. The summed E-state index contributed by atoms with van der Waals surface area (Å²) in [6.45, 7) is 7.49. The SMILES string of the molecule is NCCCCCCN1CCN(Cc2ccc(NC3CCC(=O)NC3=O)cc2)CC1. The number of carbonyl (C=O) groups is 2. The van der Waals surface area contributed by atoms with Crippen LogP contribution in [-0.2, 0) is 16.1 Å². The Balaban J connectivity index is 1.36. The zero-order chi connectivity index (χ0) is 20.5. The molecule has 2 aliphatic heterocycles. The smallest absolute Gasteiger partial charge is 0.249 e. The van der Waals surface area contributed by atoms with Gasteiger partial charge in [0.15, 0.2) is 0 Å². The largest absolute Gasteiger partial charge is 0.374 e. The molecule has 2 fully saturated rings. The third-order valence-electron chi connectivity index (χ3n) is 5.83. The number of unbranched alkanes of at least 4 members (excludes halogenated alkanes) is 3. The van der Waals surface area contributed by atoms with E-state index in [0.29, 0.717) is 12.8 Å². The summed E-state index contributed by atoms with van der Waals surface area (Å²) in [5, 5.41) is 5.61. The van der Waals surface area contributed by atoms with Gasteiger partial charge in [-0.2, -0.15) is 0 Å². The minimum Gasteiger partial charge on any atom is -0.374 e. The number of nitrogens with zero attached hydrogens (tertiary/aromatic N) is 2. The molecular formula is C22H35N5O2. The fraction of sp³-hybridized carbons (Fsp3) is 0.636. The lowest BCUT2D eigenvalue weighted by molar-refractivity contribution is -0.133. The lowest BCUT2D eigenvalue weighted by Crippen LogP contribution is -2.47. The number of nitrogens with one attached hydrogen (secondary N) is 2. The average molecular weight is 402 g/mol. The van der Waals surface area contributed by atoms with Crippen molar-refractivity contribution in [1.82, 2.24) is 15.1 Å². The van der Waals surface area contributed by atoms with Crippen LogP contribution in [-0.4, -0.2) is 66.9 Å². The van der Waals surface area contributed by atoms with E-state index in [0.717, 1.165) is 51.4 Å². The molecule has 1 unspecified atom stereocenters. The average Bonchev–Trinajstić information content (AvgIpc) is 2.72. The number of piperazine rings is 1. The van der Waals surface area contributed by atoms with E-state index in [1.807, 2.05) is 12.1 Å². The van der Waals surface area contributed by atoms with Crippen LogP contribution < -0.4 is 16.4 Å². The first-order valence-corrected chi connectivity index (χ1v) is 11.0. The quantitative estimate of drug-likeness (QED) is 0.407. The van der Waals surface area contributed by atoms with Gasteiger partial charge in [-0.25, -0.2) is 0 Å². The van der Waals surface area contributed by atoms with E-state index in [1.165, 1.54) is 31.4 Å². The number of rotatable bonds is 10. The van der Waals surface area contributed by atoms with Gasteiger partial charge in [-0.05, 0) is 50.0 Å². The minimum atomic E-state index is -0.332. The molecule has 2 amide bonds. The second-order valence-electron chi connectivity index (χ2n) is 8.17. The van der Waals surface area contributed by atoms with E-state index in [-0.39, 0.29) is 17.9 Å². The van der Waals surface area contributed by atoms with Crippen molar-refractivity contribution >= 4 is 17.5 Å². The van der Waals surface area contributed by atoms with Crippen molar-refractivity contribution in [2.24, 2.45) is 5.73 Å². The van der Waals surface area contributed by atoms with E-state index < -0.39 is 0 Å². The van der Waals surface area contributed by atoms with Crippen molar-refractivity contribution in [2.75, 3.05) is 44.6 Å². The number of benzene rings is 1. The predicted molar refractivity (Wildman–Crippen MR) is 115 cm³/mol. The first kappa shape index (κ1) is 21.7. The Bertz CT molecular complexity index is 656. The second-order valence-corrected chi connectivity index (χ2v) is 8.17. The monoisotopic (exact) mass is 401 g/mol. The molecule has 1 aromatic carbocycles. The molecule has 1 atom stereocenters. The van der Waals surface area contributed by atoms with Gasteiger partial charge < -0.3 is 16.0 Å². The van der Waals surface area contributed by atoms with Crippen molar-refractivity contribution < 1.29 is 9.59 Å². The highest BCUT2D eigenvalue weighted by Crippen LogP contribution is 2.16. The Morgan fingerprint density at radius 3 is 2.34 bits per heavy atom. The van der Waals surface area contributed by atoms with Gasteiger partial charge in [-0.1, -0.05) is 25.0 Å². The molecule has 0 spiro atoms. The molecule has 2 saturated heterocycles. The van der Waals surface area contributed by atoms with Crippen LogP contribution >= 0.6 is 0 Å². The first-order chi connectivity index (χ1) is 14.1. The van der Waals surface area contributed by atoms with Gasteiger partial charge in [0.25, 0.3) is 0 Å². The van der Waals surface area contributed by atoms with Crippen LogP contribution in [0.25, 0.3) is 0 Å². The molecule has 7 nitrogen and oxygen atoms in total. The van der Waals surface area contributed by atoms with Crippen molar-refractivity contribution in [1.29, 1.82) is 0 Å². The zero-order valence-corrected chi connectivity index (χ0v) is 17.4. The Morgan fingerprint density at radius 1 is 0.966 bits per heavy atom. The maximum atomic E-state index is 11.9. The number of piperidine rings is 1. The summed E-state index contributed by atoms with van der Waals surface area (Å²) in [6, 6.07) is 7.96. The number of hydrogen-bond acceptors (Lipinski definition) is 6. The van der Waals surface area contributed by atoms with Crippen LogP contribution in [0, 0.1) is 0 Å². The Labute approximate surface area is 174 Å². The van der Waals surface area contributed by atoms with Crippen molar-refractivity contribution in [3.8, 4) is 0 Å². The molecule has 1 aromatic rings. The maximum Gasteiger partial charge on any atom is 0.249 e. The van der Waals surface area contributed by atoms with E-state index in [1.54, 1.807) is 0 Å². The van der Waals surface area contributed by atoms with Gasteiger partial charge in [0.2, 0.25) is 11.8 Å². The van der Waals surface area contributed by atoms with Gasteiger partial charge in [0, 0.05) is 44.8 Å². The Morgan fingerprint density at radius 2 is 1.66 bits per heavy atom. The molecule has 3 rings (SSSR count). The van der Waals surface area contributed by atoms with Crippen LogP contribution in [0.2, 0.25) is 0 Å². The third-order valence-corrected chi connectivity index (χ3v) is 5.83. The summed E-state index contributed by atoms with van der Waals surface area (Å²) in [5.74, 6) is -0.419. The summed E-state index contributed by atoms with van der Waals surface area (Å²) in [7, 11) is 0. The fourth-order valence-electron chi connectivity index (χ4n) is 4.00. The van der Waals surface area contributed by atoms with Gasteiger partial charge in [-0.15, -0.1) is 0 Å². The van der Waals surface area contributed by atoms with E-state index in [2.05, 4.69) is 32.6 Å². The van der Waals surface area contributed by atoms with Gasteiger partial charge in [0.1, 0.15) is 6.04 Å². The molecule has 2 aliphatic rings. The number of anilines is 1. The number of amides is 2. The number of nitrogens with two attached hydrogens (primary N) is 1. The summed E-state index contributed by atoms with van der Waals surface area (Å²) < 4.78 is 0. The predicted octanol–water partition coefficient (Wildman–Crippen LogP) is 1.54. The van der Waals surface area contributed by atoms with Gasteiger partial charge in [0.05, 0.1) is 0 Å². The van der Waals surface area contributed by atoms with Gasteiger partial charge in [-0.3, -0.25) is 19.8 Å². The molecular weight excluding hydrogens is 366 g/mol. The van der Waals surface area contributed by atoms with Gasteiger partial charge >= 0.3 is 0 Å². The summed E-state index contributed by atoms with van der Waals surface area (Å²) in [5.41, 5.74) is 7.75. The Kier molecular flexibility index (Phi) is 8.46. The topological polar surface area (TPSA) is 90.7 Å². The minimum absolute atomic E-state index is 0.185. The van der Waals surface area contributed by atoms with Crippen LogP contribution in [0.15, 0.2) is 24.3 Å². The van der Waals surface area contributed by atoms with Crippen LogP contribution in [0.3, 0.4) is 0 Å². The third kappa shape index (κ3) is 7.10. The number of hydrogen-bond donors (Lipinski definition) is 3. The molecule has 0 saturated carbocycles. The molecule has 2 heterocycles.